The van der Waals surface area contributed by atoms with Gasteiger partial charge in [-0.1, -0.05) is 0 Å². The maximum Gasteiger partial charge on any atom is 0.275 e. The number of nitrogen functional groups attached to an aromatic ring is 1. The number of aromatic nitrogens is 2. The van der Waals surface area contributed by atoms with Crippen LogP contribution in [0.2, 0.25) is 0 Å². The van der Waals surface area contributed by atoms with E-state index in [-0.39, 0.29) is 5.91 Å². The predicted octanol–water partition coefficient (Wildman–Crippen LogP) is 0.791. The molecular weight excluding hydrogens is 260 g/mol. The summed E-state index contributed by atoms with van der Waals surface area (Å²) in [5.41, 5.74) is 6.49. The van der Waals surface area contributed by atoms with Gasteiger partial charge in [0.25, 0.3) is 5.91 Å². The van der Waals surface area contributed by atoms with Crippen molar-refractivity contribution in [2.75, 3.05) is 32.0 Å². The van der Waals surface area contributed by atoms with Crippen LogP contribution in [0.25, 0.3) is 11.5 Å². The molecule has 2 N–H and O–H groups in total. The Balaban J connectivity index is 1.79. The van der Waals surface area contributed by atoms with Gasteiger partial charge in [0.05, 0.1) is 18.8 Å². The molecule has 0 aliphatic carbocycles. The number of hydrogen-bond acceptors (Lipinski definition) is 6. The van der Waals surface area contributed by atoms with Crippen LogP contribution >= 0.6 is 0 Å². The van der Waals surface area contributed by atoms with Crippen LogP contribution in [0, 0.1) is 0 Å². The first-order valence-electron chi connectivity index (χ1n) is 6.28. The van der Waals surface area contributed by atoms with Crippen LogP contribution in [0.15, 0.2) is 29.0 Å². The van der Waals surface area contributed by atoms with Gasteiger partial charge in [0, 0.05) is 19.3 Å². The molecule has 1 aliphatic heterocycles. The van der Waals surface area contributed by atoms with Crippen molar-refractivity contribution in [1.29, 1.82) is 0 Å². The number of nitrogens with zero attached hydrogens (tertiary/aromatic N) is 3. The van der Waals surface area contributed by atoms with Gasteiger partial charge in [0.1, 0.15) is 12.1 Å². The third-order valence-corrected chi connectivity index (χ3v) is 3.05. The zero-order valence-electron chi connectivity index (χ0n) is 10.8. The van der Waals surface area contributed by atoms with Crippen LogP contribution in [-0.4, -0.2) is 47.1 Å². The lowest BCUT2D eigenvalue weighted by molar-refractivity contribution is 0.0299. The van der Waals surface area contributed by atoms with Crippen LogP contribution in [0.1, 0.15) is 10.5 Å². The highest BCUT2D eigenvalue weighted by atomic mass is 16.5. The molecule has 2 aromatic rings. The normalized spacial score (nSPS) is 15.3. The van der Waals surface area contributed by atoms with E-state index in [2.05, 4.69) is 9.97 Å². The minimum Gasteiger partial charge on any atom is -0.444 e. The highest BCUT2D eigenvalue weighted by Gasteiger charge is 2.22. The van der Waals surface area contributed by atoms with Gasteiger partial charge >= 0.3 is 0 Å². The topological polar surface area (TPSA) is 94.5 Å². The highest BCUT2D eigenvalue weighted by molar-refractivity contribution is 5.92. The smallest absolute Gasteiger partial charge is 0.275 e. The summed E-state index contributed by atoms with van der Waals surface area (Å²) in [6.07, 6.45) is 2.92. The summed E-state index contributed by atoms with van der Waals surface area (Å²) in [7, 11) is 0. The number of hydrogen-bond donors (Lipinski definition) is 1. The molecule has 7 heteroatoms. The molecule has 1 amide bonds. The molecule has 0 aromatic carbocycles. The number of pyridine rings is 1. The lowest BCUT2D eigenvalue weighted by Crippen LogP contribution is -2.40. The molecule has 3 rings (SSSR count). The Kier molecular flexibility index (Phi) is 3.34. The number of morpholine rings is 1. The van der Waals surface area contributed by atoms with Gasteiger partial charge in [-0.3, -0.25) is 4.79 Å². The van der Waals surface area contributed by atoms with Gasteiger partial charge in [-0.05, 0) is 12.1 Å². The predicted molar refractivity (Wildman–Crippen MR) is 70.9 cm³/mol. The second kappa shape index (κ2) is 5.30. The van der Waals surface area contributed by atoms with Crippen molar-refractivity contribution in [3.05, 3.63) is 30.3 Å². The van der Waals surface area contributed by atoms with E-state index >= 15 is 0 Å². The standard InChI is InChI=1S/C13H14N4O3/c14-11-2-1-9(7-15-11)12-16-10(8-20-12)13(18)17-3-5-19-6-4-17/h1-2,7-8H,3-6H2,(H2,14,15). The molecule has 7 nitrogen and oxygen atoms in total. The lowest BCUT2D eigenvalue weighted by atomic mass is 10.3. The molecule has 1 aliphatic rings. The van der Waals surface area contributed by atoms with E-state index in [1.807, 2.05) is 0 Å². The maximum absolute atomic E-state index is 12.2. The van der Waals surface area contributed by atoms with Crippen LogP contribution in [0.4, 0.5) is 5.82 Å². The molecule has 0 unspecified atom stereocenters. The van der Waals surface area contributed by atoms with Gasteiger partial charge in [0.2, 0.25) is 5.89 Å². The fraction of sp³-hybridized carbons (Fsp3) is 0.308. The van der Waals surface area contributed by atoms with Crippen molar-refractivity contribution < 1.29 is 13.9 Å². The molecule has 2 aromatic heterocycles. The number of carbonyl (C=O) groups is 1. The molecule has 0 radical (unpaired) electrons. The van der Waals surface area contributed by atoms with E-state index in [9.17, 15) is 4.79 Å². The van der Waals surface area contributed by atoms with E-state index in [0.717, 1.165) is 0 Å². The summed E-state index contributed by atoms with van der Waals surface area (Å²) >= 11 is 0. The number of amides is 1. The average molecular weight is 274 g/mol. The molecular formula is C13H14N4O3. The molecule has 1 saturated heterocycles. The Labute approximate surface area is 115 Å². The van der Waals surface area contributed by atoms with E-state index in [4.69, 9.17) is 14.9 Å². The SMILES string of the molecule is Nc1ccc(-c2nc(C(=O)N3CCOCC3)co2)cn1. The van der Waals surface area contributed by atoms with Crippen molar-refractivity contribution in [2.24, 2.45) is 0 Å². The first kappa shape index (κ1) is 12.6. The minimum atomic E-state index is -0.147. The fourth-order valence-electron chi connectivity index (χ4n) is 1.96. The molecule has 104 valence electrons. The van der Waals surface area contributed by atoms with E-state index < -0.39 is 0 Å². The molecule has 3 heterocycles. The number of ether oxygens (including phenoxy) is 1. The quantitative estimate of drug-likeness (QED) is 0.870. The summed E-state index contributed by atoms with van der Waals surface area (Å²) in [4.78, 5) is 22.1. The van der Waals surface area contributed by atoms with Gasteiger partial charge < -0.3 is 19.8 Å². The second-order valence-electron chi connectivity index (χ2n) is 4.41. The average Bonchev–Trinajstić information content (AvgIpc) is 2.98. The Morgan fingerprint density at radius 1 is 1.30 bits per heavy atom. The third-order valence-electron chi connectivity index (χ3n) is 3.05. The molecule has 20 heavy (non-hydrogen) atoms. The van der Waals surface area contributed by atoms with Gasteiger partial charge in [0.15, 0.2) is 5.69 Å². The van der Waals surface area contributed by atoms with E-state index in [1.165, 1.54) is 6.26 Å². The largest absolute Gasteiger partial charge is 0.444 e. The molecule has 0 saturated carbocycles. The third kappa shape index (κ3) is 2.48. The molecule has 0 bridgehead atoms. The van der Waals surface area contributed by atoms with Crippen LogP contribution in [0.3, 0.4) is 0 Å². The number of anilines is 1. The number of oxazole rings is 1. The summed E-state index contributed by atoms with van der Waals surface area (Å²) in [6.45, 7) is 2.26. The number of rotatable bonds is 2. The van der Waals surface area contributed by atoms with Crippen molar-refractivity contribution in [1.82, 2.24) is 14.9 Å². The first-order valence-corrected chi connectivity index (χ1v) is 6.28. The summed E-state index contributed by atoms with van der Waals surface area (Å²) in [5.74, 6) is 0.630. The fourth-order valence-corrected chi connectivity index (χ4v) is 1.96. The Hall–Kier alpha value is -2.41. The van der Waals surface area contributed by atoms with Crippen LogP contribution < -0.4 is 5.73 Å². The minimum absolute atomic E-state index is 0.147. The first-order chi connectivity index (χ1) is 9.74. The molecule has 0 atom stereocenters. The van der Waals surface area contributed by atoms with Crippen LogP contribution in [0.5, 0.6) is 0 Å². The maximum atomic E-state index is 12.2. The van der Waals surface area contributed by atoms with E-state index in [0.29, 0.717) is 49.3 Å². The highest BCUT2D eigenvalue weighted by Crippen LogP contribution is 2.19. The Bertz CT molecular complexity index is 602. The second-order valence-corrected chi connectivity index (χ2v) is 4.41. The summed E-state index contributed by atoms with van der Waals surface area (Å²) in [5, 5.41) is 0. The number of nitrogens with two attached hydrogens (primary N) is 1. The zero-order chi connectivity index (χ0) is 13.9. The summed E-state index contributed by atoms with van der Waals surface area (Å²) < 4.78 is 10.5. The van der Waals surface area contributed by atoms with Crippen molar-refractivity contribution in [3.8, 4) is 11.5 Å². The van der Waals surface area contributed by atoms with Crippen LogP contribution in [-0.2, 0) is 4.74 Å². The zero-order valence-corrected chi connectivity index (χ0v) is 10.8. The van der Waals surface area contributed by atoms with Gasteiger partial charge in [-0.2, -0.15) is 0 Å². The van der Waals surface area contributed by atoms with Crippen molar-refractivity contribution in [2.45, 2.75) is 0 Å². The molecule has 1 fully saturated rings. The van der Waals surface area contributed by atoms with Gasteiger partial charge in [-0.15, -0.1) is 0 Å². The summed E-state index contributed by atoms with van der Waals surface area (Å²) in [6, 6.07) is 3.40. The Morgan fingerprint density at radius 3 is 2.80 bits per heavy atom. The number of carbonyl (C=O) groups excluding carboxylic acids is 1. The van der Waals surface area contributed by atoms with Gasteiger partial charge in [-0.25, -0.2) is 9.97 Å². The Morgan fingerprint density at radius 2 is 2.10 bits per heavy atom. The molecule has 0 spiro atoms. The van der Waals surface area contributed by atoms with Crippen molar-refractivity contribution >= 4 is 11.7 Å². The monoisotopic (exact) mass is 274 g/mol. The lowest BCUT2D eigenvalue weighted by Gasteiger charge is -2.25. The van der Waals surface area contributed by atoms with E-state index in [1.54, 1.807) is 23.2 Å². The van der Waals surface area contributed by atoms with Crippen molar-refractivity contribution in [3.63, 3.8) is 0 Å².